The minimum Gasteiger partial charge on any atom is -0.445 e. The van der Waals surface area contributed by atoms with Crippen LogP contribution in [-0.2, 0) is 19.1 Å². The Kier molecular flexibility index (Phi) is 7.22. The lowest BCUT2D eigenvalue weighted by atomic mass is 9.43. The molecule has 7 nitrogen and oxygen atoms in total. The highest BCUT2D eigenvalue weighted by Crippen LogP contribution is 2.69. The number of ether oxygens (including phenoxy) is 2. The Morgan fingerprint density at radius 3 is 2.53 bits per heavy atom. The Balaban J connectivity index is 1.48. The van der Waals surface area contributed by atoms with Gasteiger partial charge in [-0.2, -0.15) is 0 Å². The lowest BCUT2D eigenvalue weighted by Gasteiger charge is -2.61. The number of carbonyl (C=O) groups is 3. The second-order valence-electron chi connectivity index (χ2n) is 13.7. The van der Waals surface area contributed by atoms with Gasteiger partial charge < -0.3 is 14.4 Å². The number of nitrogens with zero attached hydrogens (tertiary/aromatic N) is 1. The van der Waals surface area contributed by atoms with E-state index in [1.54, 1.807) is 7.11 Å². The molecule has 2 heterocycles. The number of hydrogen-bond acceptors (Lipinski definition) is 6. The van der Waals surface area contributed by atoms with Crippen molar-refractivity contribution in [2.24, 2.45) is 45.8 Å². The Morgan fingerprint density at radius 1 is 1.16 bits per heavy atom. The molecule has 3 aliphatic carbocycles. The summed E-state index contributed by atoms with van der Waals surface area (Å²) in [5.41, 5.74) is -1.30. The third-order valence-corrected chi connectivity index (χ3v) is 12.1. The quantitative estimate of drug-likeness (QED) is 0.534. The van der Waals surface area contributed by atoms with Crippen molar-refractivity contribution in [2.75, 3.05) is 26.7 Å². The number of terminal acetylenes is 1. The maximum absolute atomic E-state index is 14.3. The molecule has 5 rings (SSSR count). The normalized spacial score (nSPS) is 47.5. The van der Waals surface area contributed by atoms with Crippen molar-refractivity contribution in [1.82, 2.24) is 10.2 Å². The van der Waals surface area contributed by atoms with E-state index in [9.17, 15) is 14.4 Å². The minimum absolute atomic E-state index is 0.00643. The molecule has 3 unspecified atom stereocenters. The van der Waals surface area contributed by atoms with Gasteiger partial charge in [-0.15, -0.1) is 12.3 Å². The Morgan fingerprint density at radius 2 is 1.89 bits per heavy atom. The van der Waals surface area contributed by atoms with Gasteiger partial charge in [-0.3, -0.25) is 14.9 Å². The summed E-state index contributed by atoms with van der Waals surface area (Å²) in [4.78, 5) is 43.0. The van der Waals surface area contributed by atoms with E-state index in [1.165, 1.54) is 0 Å². The smallest absolute Gasteiger partial charge is 0.414 e. The molecule has 0 aromatic rings. The number of ketones is 1. The molecule has 2 aliphatic heterocycles. The number of alkyl carbamates (subject to hydrolysis) is 1. The summed E-state index contributed by atoms with van der Waals surface area (Å²) in [5, 5.41) is 2.59. The van der Waals surface area contributed by atoms with Crippen molar-refractivity contribution < 1.29 is 23.9 Å². The first-order valence-electron chi connectivity index (χ1n) is 14.7. The Hall–Kier alpha value is -1.91. The molecule has 210 valence electrons. The number of amides is 2. The molecule has 4 bridgehead atoms. The van der Waals surface area contributed by atoms with E-state index in [-0.39, 0.29) is 46.9 Å². The standard InChI is InChI=1S/C31H46N2O5/c1-7-8-12-29(4)16-24(38-28(36)32-27(35)22-18-33-15-11-21(22)17-33)30(5)19(2)9-13-31(20(3)26(29)34)14-10-23(37-6)25(30)31/h1,19-25H,8-18H2,2-6H3,(H,32,35,36)/t19-,20+,21-,22+,23-,24-,25?,29-,30+,31?/m1/s1. The molecule has 0 aromatic heterocycles. The van der Waals surface area contributed by atoms with Gasteiger partial charge in [-0.05, 0) is 68.7 Å². The van der Waals surface area contributed by atoms with E-state index in [2.05, 4.69) is 36.9 Å². The van der Waals surface area contributed by atoms with Gasteiger partial charge in [0, 0.05) is 49.3 Å². The van der Waals surface area contributed by atoms with Gasteiger partial charge in [0.2, 0.25) is 5.91 Å². The van der Waals surface area contributed by atoms with E-state index in [1.807, 2.05) is 6.92 Å². The summed E-state index contributed by atoms with van der Waals surface area (Å²) in [7, 11) is 1.77. The minimum atomic E-state index is -0.708. The lowest BCUT2D eigenvalue weighted by molar-refractivity contribution is -0.192. The van der Waals surface area contributed by atoms with Crippen LogP contribution in [0.1, 0.15) is 79.1 Å². The van der Waals surface area contributed by atoms with E-state index < -0.39 is 23.0 Å². The molecule has 11 atom stereocenters. The van der Waals surface area contributed by atoms with Gasteiger partial charge >= 0.3 is 6.09 Å². The van der Waals surface area contributed by atoms with E-state index in [0.29, 0.717) is 31.7 Å². The average molecular weight is 527 g/mol. The van der Waals surface area contributed by atoms with Gasteiger partial charge in [0.15, 0.2) is 0 Å². The molecule has 0 spiro atoms. The second kappa shape index (κ2) is 9.93. The maximum atomic E-state index is 14.3. The summed E-state index contributed by atoms with van der Waals surface area (Å²) < 4.78 is 12.4. The number of hydrogen-bond donors (Lipinski definition) is 1. The van der Waals surface area contributed by atoms with Gasteiger partial charge in [0.05, 0.1) is 12.0 Å². The van der Waals surface area contributed by atoms with E-state index in [0.717, 1.165) is 45.2 Å². The fourth-order valence-corrected chi connectivity index (χ4v) is 9.67. The van der Waals surface area contributed by atoms with Crippen LogP contribution in [0, 0.1) is 58.2 Å². The lowest BCUT2D eigenvalue weighted by Crippen LogP contribution is -2.63. The predicted octanol–water partition coefficient (Wildman–Crippen LogP) is 4.44. The third kappa shape index (κ3) is 4.13. The van der Waals surface area contributed by atoms with Crippen LogP contribution >= 0.6 is 0 Å². The largest absolute Gasteiger partial charge is 0.445 e. The number of fused-ring (bicyclic) bond motifs is 2. The summed E-state index contributed by atoms with van der Waals surface area (Å²) in [6, 6.07) is 0. The molecule has 38 heavy (non-hydrogen) atoms. The number of rotatable bonds is 5. The fraction of sp³-hybridized carbons (Fsp3) is 0.839. The molecule has 5 aliphatic rings. The van der Waals surface area contributed by atoms with E-state index in [4.69, 9.17) is 15.9 Å². The van der Waals surface area contributed by atoms with Gasteiger partial charge in [-0.1, -0.05) is 27.7 Å². The Bertz CT molecular complexity index is 1020. The number of carbonyl (C=O) groups excluding carboxylic acids is 3. The van der Waals surface area contributed by atoms with Crippen LogP contribution in [0.2, 0.25) is 0 Å². The van der Waals surface area contributed by atoms with Gasteiger partial charge in [0.1, 0.15) is 11.9 Å². The number of nitrogens with one attached hydrogen (secondary N) is 1. The third-order valence-electron chi connectivity index (χ3n) is 12.1. The van der Waals surface area contributed by atoms with Crippen LogP contribution < -0.4 is 5.32 Å². The first-order chi connectivity index (χ1) is 18.0. The predicted molar refractivity (Wildman–Crippen MR) is 144 cm³/mol. The summed E-state index contributed by atoms with van der Waals surface area (Å²) >= 11 is 0. The first kappa shape index (κ1) is 27.6. The molecule has 0 radical (unpaired) electrons. The number of methoxy groups -OCH3 is 1. The van der Waals surface area contributed by atoms with Crippen LogP contribution in [-0.4, -0.2) is 61.6 Å². The fourth-order valence-electron chi connectivity index (χ4n) is 9.67. The average Bonchev–Trinajstić information content (AvgIpc) is 3.63. The van der Waals surface area contributed by atoms with Gasteiger partial charge in [-0.25, -0.2) is 4.79 Å². The molecule has 3 saturated carbocycles. The van der Waals surface area contributed by atoms with Crippen LogP contribution in [0.3, 0.4) is 0 Å². The van der Waals surface area contributed by atoms with Crippen LogP contribution in [0.4, 0.5) is 4.79 Å². The van der Waals surface area contributed by atoms with E-state index >= 15 is 0 Å². The summed E-state index contributed by atoms with van der Waals surface area (Å²) in [6.07, 6.45) is 10.7. The monoisotopic (exact) mass is 526 g/mol. The number of imide groups is 1. The van der Waals surface area contributed by atoms with Crippen molar-refractivity contribution >= 4 is 17.8 Å². The maximum Gasteiger partial charge on any atom is 0.414 e. The number of Topliss-reactive ketones (excluding diaryl/α,β-unsaturated/α-hetero) is 1. The first-order valence-corrected chi connectivity index (χ1v) is 14.7. The molecule has 2 amide bonds. The van der Waals surface area contributed by atoms with Gasteiger partial charge in [0.25, 0.3) is 0 Å². The highest BCUT2D eigenvalue weighted by Gasteiger charge is 2.68. The molecule has 7 heteroatoms. The zero-order chi connectivity index (χ0) is 27.5. The topological polar surface area (TPSA) is 84.9 Å². The highest BCUT2D eigenvalue weighted by molar-refractivity contribution is 5.93. The molecular formula is C31H46N2O5. The number of piperidine rings is 1. The highest BCUT2D eigenvalue weighted by atomic mass is 16.6. The van der Waals surface area contributed by atoms with Crippen LogP contribution in [0.15, 0.2) is 0 Å². The SMILES string of the molecule is C#CCC[C@]1(C)C[C@@H](OC(=O)NC(=O)[C@H]2CN3CC[C@@H]2C3)[C@@]2(C)C3[C@H](OC)CCC3(CC[C@H]2C)[C@@H](C)C1=O. The zero-order valence-corrected chi connectivity index (χ0v) is 23.9. The molecule has 2 saturated heterocycles. The Labute approximate surface area is 228 Å². The molecule has 5 fully saturated rings. The van der Waals surface area contributed by atoms with Crippen molar-refractivity contribution in [2.45, 2.75) is 91.3 Å². The summed E-state index contributed by atoms with van der Waals surface area (Å²) in [5.74, 6) is 3.10. The van der Waals surface area contributed by atoms with Crippen molar-refractivity contribution in [3.8, 4) is 12.3 Å². The molecule has 0 aromatic carbocycles. The summed E-state index contributed by atoms with van der Waals surface area (Å²) in [6.45, 7) is 11.3. The van der Waals surface area contributed by atoms with Crippen LogP contribution in [0.5, 0.6) is 0 Å². The van der Waals surface area contributed by atoms with Crippen molar-refractivity contribution in [3.05, 3.63) is 0 Å². The second-order valence-corrected chi connectivity index (χ2v) is 13.7. The van der Waals surface area contributed by atoms with Crippen molar-refractivity contribution in [1.29, 1.82) is 0 Å². The van der Waals surface area contributed by atoms with Crippen LogP contribution in [0.25, 0.3) is 0 Å². The molecular weight excluding hydrogens is 480 g/mol. The molecule has 1 N–H and O–H groups in total. The zero-order valence-electron chi connectivity index (χ0n) is 23.9. The van der Waals surface area contributed by atoms with Crippen molar-refractivity contribution in [3.63, 3.8) is 0 Å².